The fraction of sp³-hybridized carbons (Fsp3) is 0.667. The number of rotatable bonds is 6. The van der Waals surface area contributed by atoms with E-state index in [1.807, 2.05) is 0 Å². The van der Waals surface area contributed by atoms with Gasteiger partial charge in [-0.05, 0) is 25.2 Å². The third-order valence-electron chi connectivity index (χ3n) is 2.22. The van der Waals surface area contributed by atoms with Gasteiger partial charge in [-0.2, -0.15) is 0 Å². The molecule has 0 heteroatoms. The Morgan fingerprint density at radius 2 is 1.67 bits per heavy atom. The zero-order valence-electron chi connectivity index (χ0n) is 8.82. The summed E-state index contributed by atoms with van der Waals surface area (Å²) >= 11 is 0. The predicted molar refractivity (Wildman–Crippen MR) is 57.3 cm³/mol. The Morgan fingerprint density at radius 3 is 2.08 bits per heavy atom. The fourth-order valence-electron chi connectivity index (χ4n) is 1.10. The highest BCUT2D eigenvalue weighted by Crippen LogP contribution is 2.18. The Balaban J connectivity index is 3.54. The maximum atomic E-state index is 4.05. The van der Waals surface area contributed by atoms with E-state index in [1.54, 1.807) is 0 Å². The maximum absolute atomic E-state index is 4.05. The molecular formula is C12H22. The largest absolute Gasteiger partial charge is 0.0999 e. The molecule has 0 spiro atoms. The van der Waals surface area contributed by atoms with E-state index in [-0.39, 0.29) is 0 Å². The van der Waals surface area contributed by atoms with Crippen LogP contribution in [0, 0.1) is 5.92 Å². The van der Waals surface area contributed by atoms with Crippen LogP contribution in [0.2, 0.25) is 0 Å². The molecule has 0 saturated carbocycles. The molecule has 0 fully saturated rings. The summed E-state index contributed by atoms with van der Waals surface area (Å²) in [4.78, 5) is 0. The van der Waals surface area contributed by atoms with Crippen molar-refractivity contribution in [1.29, 1.82) is 0 Å². The Bertz CT molecular complexity index is 151. The molecule has 0 nitrogen and oxygen atoms in total. The summed E-state index contributed by atoms with van der Waals surface area (Å²) in [6.07, 6.45) is 4.64. The highest BCUT2D eigenvalue weighted by molar-refractivity contribution is 5.03. The van der Waals surface area contributed by atoms with E-state index in [0.29, 0.717) is 5.92 Å². The second-order valence-electron chi connectivity index (χ2n) is 3.81. The summed E-state index contributed by atoms with van der Waals surface area (Å²) in [6.45, 7) is 14.7. The Hall–Kier alpha value is -0.520. The maximum Gasteiger partial charge on any atom is -0.0263 e. The monoisotopic (exact) mass is 166 g/mol. The molecule has 0 aliphatic rings. The van der Waals surface area contributed by atoms with Gasteiger partial charge in [0.1, 0.15) is 0 Å². The molecular weight excluding hydrogens is 144 g/mol. The molecule has 0 rings (SSSR count). The van der Waals surface area contributed by atoms with Gasteiger partial charge in [-0.3, -0.25) is 0 Å². The van der Waals surface area contributed by atoms with Gasteiger partial charge in [0.2, 0.25) is 0 Å². The molecule has 0 atom stereocenters. The lowest BCUT2D eigenvalue weighted by atomic mass is 9.97. The minimum Gasteiger partial charge on any atom is -0.0999 e. The van der Waals surface area contributed by atoms with Gasteiger partial charge in [0.25, 0.3) is 0 Å². The van der Waals surface area contributed by atoms with Crippen molar-refractivity contribution >= 4 is 0 Å². The van der Waals surface area contributed by atoms with Crippen LogP contribution in [0.4, 0.5) is 0 Å². The molecule has 0 unspecified atom stereocenters. The lowest BCUT2D eigenvalue weighted by Gasteiger charge is -2.09. The van der Waals surface area contributed by atoms with Crippen molar-refractivity contribution in [2.45, 2.75) is 46.5 Å². The summed E-state index contributed by atoms with van der Waals surface area (Å²) in [7, 11) is 0. The first kappa shape index (κ1) is 11.5. The Kier molecular flexibility index (Phi) is 5.79. The van der Waals surface area contributed by atoms with Crippen LogP contribution in [0.15, 0.2) is 24.3 Å². The van der Waals surface area contributed by atoms with E-state index in [9.17, 15) is 0 Å². The fourth-order valence-corrected chi connectivity index (χ4v) is 1.10. The molecule has 0 saturated heterocycles. The summed E-state index contributed by atoms with van der Waals surface area (Å²) in [6, 6.07) is 0. The van der Waals surface area contributed by atoms with Crippen LogP contribution in [0.3, 0.4) is 0 Å². The van der Waals surface area contributed by atoms with Gasteiger partial charge in [-0.1, -0.05) is 51.5 Å². The first-order valence-electron chi connectivity index (χ1n) is 4.92. The molecule has 0 N–H and O–H groups in total. The Labute approximate surface area is 77.4 Å². The van der Waals surface area contributed by atoms with Gasteiger partial charge in [0, 0.05) is 0 Å². The number of hydrogen-bond acceptors (Lipinski definition) is 0. The van der Waals surface area contributed by atoms with Gasteiger partial charge in [0.15, 0.2) is 0 Å². The highest BCUT2D eigenvalue weighted by atomic mass is 14.1. The van der Waals surface area contributed by atoms with Crippen LogP contribution in [0.1, 0.15) is 46.5 Å². The summed E-state index contributed by atoms with van der Waals surface area (Å²) in [5.41, 5.74) is 2.73. The van der Waals surface area contributed by atoms with Crippen LogP contribution in [-0.2, 0) is 0 Å². The van der Waals surface area contributed by atoms with Crippen molar-refractivity contribution < 1.29 is 0 Å². The van der Waals surface area contributed by atoms with E-state index in [2.05, 4.69) is 33.9 Å². The third kappa shape index (κ3) is 5.17. The van der Waals surface area contributed by atoms with Gasteiger partial charge in [-0.15, -0.1) is 0 Å². The van der Waals surface area contributed by atoms with Crippen LogP contribution in [0.5, 0.6) is 0 Å². The number of allylic oxidation sites excluding steroid dienone is 2. The van der Waals surface area contributed by atoms with Gasteiger partial charge in [-0.25, -0.2) is 0 Å². The molecule has 0 radical (unpaired) electrons. The highest BCUT2D eigenvalue weighted by Gasteiger charge is 2.00. The molecule has 0 bridgehead atoms. The smallest absolute Gasteiger partial charge is 0.0263 e. The summed E-state index contributed by atoms with van der Waals surface area (Å²) in [5, 5.41) is 0. The zero-order valence-corrected chi connectivity index (χ0v) is 8.82. The topological polar surface area (TPSA) is 0 Å². The molecule has 0 aromatic carbocycles. The van der Waals surface area contributed by atoms with Gasteiger partial charge < -0.3 is 0 Å². The van der Waals surface area contributed by atoms with E-state index >= 15 is 0 Å². The SMILES string of the molecule is C=C(CCC)CCC(=C)C(C)C. The zero-order chi connectivity index (χ0) is 9.56. The normalized spacial score (nSPS) is 10.3. The molecule has 0 aromatic heterocycles. The number of hydrogen-bond donors (Lipinski definition) is 0. The summed E-state index contributed by atoms with van der Waals surface area (Å²) < 4.78 is 0. The molecule has 0 aliphatic heterocycles. The first-order chi connectivity index (χ1) is 5.57. The average Bonchev–Trinajstić information content (AvgIpc) is 2.00. The van der Waals surface area contributed by atoms with Crippen molar-refractivity contribution in [2.24, 2.45) is 5.92 Å². The quantitative estimate of drug-likeness (QED) is 0.515. The first-order valence-corrected chi connectivity index (χ1v) is 4.92. The molecule has 0 heterocycles. The van der Waals surface area contributed by atoms with E-state index in [0.717, 1.165) is 12.8 Å². The van der Waals surface area contributed by atoms with Crippen molar-refractivity contribution in [1.82, 2.24) is 0 Å². The third-order valence-corrected chi connectivity index (χ3v) is 2.22. The van der Waals surface area contributed by atoms with E-state index in [4.69, 9.17) is 0 Å². The Morgan fingerprint density at radius 1 is 1.08 bits per heavy atom. The van der Waals surface area contributed by atoms with Crippen LogP contribution < -0.4 is 0 Å². The van der Waals surface area contributed by atoms with Crippen LogP contribution in [0.25, 0.3) is 0 Å². The molecule has 12 heavy (non-hydrogen) atoms. The predicted octanol–water partition coefficient (Wildman–Crippen LogP) is 4.34. The van der Waals surface area contributed by atoms with Crippen LogP contribution >= 0.6 is 0 Å². The summed E-state index contributed by atoms with van der Waals surface area (Å²) in [5.74, 6) is 0.624. The molecule has 0 aliphatic carbocycles. The van der Waals surface area contributed by atoms with Crippen molar-refractivity contribution in [3.63, 3.8) is 0 Å². The van der Waals surface area contributed by atoms with E-state index < -0.39 is 0 Å². The second-order valence-corrected chi connectivity index (χ2v) is 3.81. The molecule has 70 valence electrons. The van der Waals surface area contributed by atoms with Crippen LogP contribution in [-0.4, -0.2) is 0 Å². The van der Waals surface area contributed by atoms with Crippen molar-refractivity contribution in [3.05, 3.63) is 24.3 Å². The lowest BCUT2D eigenvalue weighted by Crippen LogP contribution is -1.93. The standard InChI is InChI=1S/C12H22/c1-6-7-11(4)8-9-12(5)10(2)3/h10H,4-9H2,1-3H3. The van der Waals surface area contributed by atoms with Gasteiger partial charge >= 0.3 is 0 Å². The molecule has 0 amide bonds. The minimum absolute atomic E-state index is 0.624. The lowest BCUT2D eigenvalue weighted by molar-refractivity contribution is 0.700. The second kappa shape index (κ2) is 6.05. The van der Waals surface area contributed by atoms with Crippen molar-refractivity contribution in [2.75, 3.05) is 0 Å². The van der Waals surface area contributed by atoms with E-state index in [1.165, 1.54) is 24.0 Å². The van der Waals surface area contributed by atoms with Crippen molar-refractivity contribution in [3.8, 4) is 0 Å². The minimum atomic E-state index is 0.624. The molecule has 0 aromatic rings. The average molecular weight is 166 g/mol. The van der Waals surface area contributed by atoms with Gasteiger partial charge in [0.05, 0.1) is 0 Å².